The molecule has 0 aromatic rings. The summed E-state index contributed by atoms with van der Waals surface area (Å²) in [7, 11) is 1.03. The number of nitrogens with zero attached hydrogens (tertiary/aromatic N) is 1. The van der Waals surface area contributed by atoms with Gasteiger partial charge in [0, 0.05) is 12.8 Å². The van der Waals surface area contributed by atoms with Crippen molar-refractivity contribution in [2.45, 2.75) is 174 Å². The predicted molar refractivity (Wildman–Crippen MR) is 242 cm³/mol. The normalized spacial score (nSPS) is 14.8. The van der Waals surface area contributed by atoms with Gasteiger partial charge >= 0.3 is 11.9 Å². The molecule has 11 heteroatoms. The molecule has 0 bridgehead atoms. The largest absolute Gasteiger partial charge is 0.756 e. The topological polar surface area (TPSA) is 131 Å². The number of aliphatic hydroxyl groups is 1. The summed E-state index contributed by atoms with van der Waals surface area (Å²) in [5.41, 5.74) is 0. The van der Waals surface area contributed by atoms with Crippen LogP contribution in [0.5, 0.6) is 0 Å². The molecule has 0 aromatic carbocycles. The highest BCUT2D eigenvalue weighted by atomic mass is 31.2. The highest BCUT2D eigenvalue weighted by Gasteiger charge is 2.22. The van der Waals surface area contributed by atoms with E-state index in [2.05, 4.69) is 62.5 Å². The molecule has 0 aromatic heterocycles. The van der Waals surface area contributed by atoms with Gasteiger partial charge in [0.05, 0.1) is 33.9 Å². The number of rotatable bonds is 40. The van der Waals surface area contributed by atoms with E-state index in [0.29, 0.717) is 30.3 Å². The van der Waals surface area contributed by atoms with Crippen molar-refractivity contribution in [2.24, 2.45) is 0 Å². The van der Waals surface area contributed by atoms with Crippen LogP contribution in [0.4, 0.5) is 0 Å². The zero-order chi connectivity index (χ0) is 43.7. The summed E-state index contributed by atoms with van der Waals surface area (Å²) in [6.07, 6.45) is 45.3. The van der Waals surface area contributed by atoms with E-state index in [1.807, 2.05) is 33.3 Å². The Morgan fingerprint density at radius 3 is 1.75 bits per heavy atom. The Bertz CT molecular complexity index is 1250. The fourth-order valence-electron chi connectivity index (χ4n) is 5.67. The first kappa shape index (κ1) is 56.4. The number of esters is 2. The molecule has 0 aliphatic carbocycles. The summed E-state index contributed by atoms with van der Waals surface area (Å²) in [4.78, 5) is 37.6. The van der Waals surface area contributed by atoms with Crippen LogP contribution >= 0.6 is 7.82 Å². The molecule has 2 unspecified atom stereocenters. The van der Waals surface area contributed by atoms with Gasteiger partial charge in [0.25, 0.3) is 7.82 Å². The monoisotopic (exact) mass is 850 g/mol. The highest BCUT2D eigenvalue weighted by molar-refractivity contribution is 7.45. The first-order chi connectivity index (χ1) is 28.4. The summed E-state index contributed by atoms with van der Waals surface area (Å²) in [6.45, 7) is 3.93. The molecule has 0 rings (SSSR count). The van der Waals surface area contributed by atoms with E-state index in [0.717, 1.165) is 51.4 Å². The first-order valence-electron chi connectivity index (χ1n) is 22.8. The number of quaternary nitrogens is 1. The minimum Gasteiger partial charge on any atom is -0.756 e. The minimum absolute atomic E-state index is 0.00758. The van der Waals surface area contributed by atoms with E-state index < -0.39 is 38.6 Å². The van der Waals surface area contributed by atoms with Crippen LogP contribution in [0.2, 0.25) is 0 Å². The molecule has 3 atom stereocenters. The Balaban J connectivity index is 4.58. The number of phosphoric ester groups is 1. The van der Waals surface area contributed by atoms with Crippen molar-refractivity contribution in [1.82, 2.24) is 0 Å². The number of carbonyl (C=O) groups is 2. The van der Waals surface area contributed by atoms with Crippen LogP contribution in [-0.4, -0.2) is 81.2 Å². The van der Waals surface area contributed by atoms with E-state index in [1.54, 1.807) is 12.2 Å². The standard InChI is InChI=1S/C48H84NO9P/c1-6-8-10-12-14-16-18-20-21-22-23-25-27-29-31-33-35-39-47(51)55-43-46(44-57-59(53,54)56-42-41-49(3,4)5)58-48(52)40-36-38-45(50)37-34-32-30-28-26-24-19-17-15-13-11-9-7-2/h14,16,20-21,23-26,30,32,34,37,45-46,50H,6-13,15,17-19,22,27-29,31,33,35-36,38-44H2,1-5H3/b16-14-,21-20-,25-23-,26-24+,32-30+,37-34+/t45?,46-/m1/s1. The lowest BCUT2D eigenvalue weighted by Gasteiger charge is -2.28. The van der Waals surface area contributed by atoms with Gasteiger partial charge in [-0.2, -0.15) is 0 Å². The maximum atomic E-state index is 12.7. The van der Waals surface area contributed by atoms with E-state index in [1.165, 1.54) is 64.2 Å². The number of ether oxygens (including phenoxy) is 2. The molecule has 0 saturated carbocycles. The average molecular weight is 850 g/mol. The molecule has 0 amide bonds. The van der Waals surface area contributed by atoms with Gasteiger partial charge in [0.2, 0.25) is 0 Å². The fourth-order valence-corrected chi connectivity index (χ4v) is 6.40. The molecule has 0 spiro atoms. The third-order valence-corrected chi connectivity index (χ3v) is 10.3. The Labute approximate surface area is 360 Å². The Morgan fingerprint density at radius 2 is 1.14 bits per heavy atom. The lowest BCUT2D eigenvalue weighted by molar-refractivity contribution is -0.870. The average Bonchev–Trinajstić information content (AvgIpc) is 3.18. The van der Waals surface area contributed by atoms with Gasteiger partial charge < -0.3 is 33.0 Å². The van der Waals surface area contributed by atoms with Crippen molar-refractivity contribution in [3.63, 3.8) is 0 Å². The first-order valence-corrected chi connectivity index (χ1v) is 24.2. The van der Waals surface area contributed by atoms with Gasteiger partial charge in [-0.15, -0.1) is 0 Å². The number of phosphoric acid groups is 1. The summed E-state index contributed by atoms with van der Waals surface area (Å²) in [6, 6.07) is 0. The number of unbranched alkanes of at least 4 members (excludes halogenated alkanes) is 13. The van der Waals surface area contributed by atoms with Crippen molar-refractivity contribution in [2.75, 3.05) is 47.5 Å². The Morgan fingerprint density at radius 1 is 0.627 bits per heavy atom. The van der Waals surface area contributed by atoms with Crippen LogP contribution in [0.1, 0.15) is 162 Å². The fraction of sp³-hybridized carbons (Fsp3) is 0.708. The number of allylic oxidation sites excluding steroid dienone is 11. The molecule has 0 saturated heterocycles. The van der Waals surface area contributed by atoms with Gasteiger partial charge in [0.15, 0.2) is 6.10 Å². The Hall–Kier alpha value is -2.59. The molecule has 340 valence electrons. The predicted octanol–water partition coefficient (Wildman–Crippen LogP) is 11.4. The maximum Gasteiger partial charge on any atom is 0.306 e. The van der Waals surface area contributed by atoms with Crippen molar-refractivity contribution in [3.8, 4) is 0 Å². The number of aliphatic hydroxyl groups excluding tert-OH is 1. The molecule has 0 aliphatic heterocycles. The second-order valence-electron chi connectivity index (χ2n) is 16.3. The lowest BCUT2D eigenvalue weighted by Crippen LogP contribution is -2.37. The van der Waals surface area contributed by atoms with Crippen LogP contribution in [0.15, 0.2) is 72.9 Å². The summed E-state index contributed by atoms with van der Waals surface area (Å²) in [5, 5.41) is 10.3. The van der Waals surface area contributed by atoms with E-state index in [4.69, 9.17) is 18.5 Å². The van der Waals surface area contributed by atoms with Gasteiger partial charge in [-0.3, -0.25) is 14.2 Å². The molecular formula is C48H84NO9P. The maximum absolute atomic E-state index is 12.7. The summed E-state index contributed by atoms with van der Waals surface area (Å²) < 4.78 is 33.7. The zero-order valence-corrected chi connectivity index (χ0v) is 38.7. The third kappa shape index (κ3) is 43.3. The van der Waals surface area contributed by atoms with Gasteiger partial charge in [0.1, 0.15) is 19.8 Å². The van der Waals surface area contributed by atoms with Crippen molar-refractivity contribution >= 4 is 19.8 Å². The van der Waals surface area contributed by atoms with Gasteiger partial charge in [-0.1, -0.05) is 145 Å². The zero-order valence-electron chi connectivity index (χ0n) is 37.8. The number of carbonyl (C=O) groups excluding carboxylic acids is 2. The van der Waals surface area contributed by atoms with Crippen LogP contribution in [-0.2, 0) is 32.7 Å². The summed E-state index contributed by atoms with van der Waals surface area (Å²) in [5.74, 6) is -1.06. The minimum atomic E-state index is -4.69. The van der Waals surface area contributed by atoms with Crippen LogP contribution in [0.25, 0.3) is 0 Å². The number of hydrogen-bond donors (Lipinski definition) is 1. The van der Waals surface area contributed by atoms with Gasteiger partial charge in [-0.25, -0.2) is 0 Å². The second kappa shape index (κ2) is 39.5. The quantitative estimate of drug-likeness (QED) is 0.0160. The van der Waals surface area contributed by atoms with E-state index in [9.17, 15) is 24.2 Å². The molecule has 0 radical (unpaired) electrons. The molecule has 59 heavy (non-hydrogen) atoms. The van der Waals surface area contributed by atoms with Crippen LogP contribution < -0.4 is 4.89 Å². The molecule has 0 fully saturated rings. The molecule has 1 N–H and O–H groups in total. The molecule has 0 heterocycles. The van der Waals surface area contributed by atoms with Crippen LogP contribution in [0, 0.1) is 0 Å². The van der Waals surface area contributed by atoms with Crippen molar-refractivity contribution in [1.29, 1.82) is 0 Å². The van der Waals surface area contributed by atoms with Crippen molar-refractivity contribution < 1.29 is 47.2 Å². The number of hydrogen-bond acceptors (Lipinski definition) is 9. The molecule has 0 aliphatic rings. The molecular weight excluding hydrogens is 765 g/mol. The van der Waals surface area contributed by atoms with Crippen LogP contribution in [0.3, 0.4) is 0 Å². The van der Waals surface area contributed by atoms with Gasteiger partial charge in [-0.05, 0) is 77.0 Å². The SMILES string of the molecule is CCCCC/C=C\C/C=C\C/C=C\CCCCCCC(=O)OC[C@H](COP(=O)([O-])OCC[N+](C)(C)C)OC(=O)CCCC(O)/C=C/C=C/C/C=C/CCCCCCCC. The highest BCUT2D eigenvalue weighted by Crippen LogP contribution is 2.38. The third-order valence-electron chi connectivity index (χ3n) is 9.30. The summed E-state index contributed by atoms with van der Waals surface area (Å²) >= 11 is 0. The van der Waals surface area contributed by atoms with E-state index in [-0.39, 0.29) is 26.1 Å². The second-order valence-corrected chi connectivity index (χ2v) is 17.7. The smallest absolute Gasteiger partial charge is 0.306 e. The Kier molecular flexibility index (Phi) is 37.8. The van der Waals surface area contributed by atoms with Crippen molar-refractivity contribution in [3.05, 3.63) is 72.9 Å². The van der Waals surface area contributed by atoms with E-state index >= 15 is 0 Å². The lowest BCUT2D eigenvalue weighted by atomic mass is 10.1. The molecule has 10 nitrogen and oxygen atoms in total. The number of likely N-dealkylation sites (N-methyl/N-ethyl adjacent to an activating group) is 1.